The number of halogens is 1. The van der Waals surface area contributed by atoms with Gasteiger partial charge in [-0.25, -0.2) is 9.18 Å². The zero-order chi connectivity index (χ0) is 16.9. The van der Waals surface area contributed by atoms with Crippen molar-refractivity contribution in [3.63, 3.8) is 0 Å². The standard InChI is InChI=1S/C15H25FN2O4/c1-6-20-10(2)21-13(8-17)12-7-11(16)9-18(12)14(19)22-15(3,4)5/h10-13H,6-7,9H2,1-5H3/t10?,11-,12+,13?/m0/s1. The van der Waals surface area contributed by atoms with E-state index in [1.165, 1.54) is 4.90 Å². The predicted octanol–water partition coefficient (Wildman–Crippen LogP) is 2.63. The van der Waals surface area contributed by atoms with Crippen LogP contribution >= 0.6 is 0 Å². The van der Waals surface area contributed by atoms with E-state index in [2.05, 4.69) is 0 Å². The van der Waals surface area contributed by atoms with Crippen LogP contribution in [0.25, 0.3) is 0 Å². The molecule has 0 N–H and O–H groups in total. The van der Waals surface area contributed by atoms with Crippen molar-refractivity contribution >= 4 is 6.09 Å². The van der Waals surface area contributed by atoms with Gasteiger partial charge in [0, 0.05) is 13.0 Å². The van der Waals surface area contributed by atoms with Gasteiger partial charge in [0.25, 0.3) is 0 Å². The summed E-state index contributed by atoms with van der Waals surface area (Å²) in [4.78, 5) is 13.4. The zero-order valence-corrected chi connectivity index (χ0v) is 13.8. The lowest BCUT2D eigenvalue weighted by atomic mass is 10.1. The summed E-state index contributed by atoms with van der Waals surface area (Å²) >= 11 is 0. The van der Waals surface area contributed by atoms with E-state index in [1.807, 2.05) is 6.07 Å². The van der Waals surface area contributed by atoms with Gasteiger partial charge in [-0.1, -0.05) is 0 Å². The maximum absolute atomic E-state index is 13.8. The first-order chi connectivity index (χ1) is 10.2. The predicted molar refractivity (Wildman–Crippen MR) is 77.8 cm³/mol. The number of amides is 1. The lowest BCUT2D eigenvalue weighted by Crippen LogP contribution is -2.46. The fraction of sp³-hybridized carbons (Fsp3) is 0.867. The molecule has 6 nitrogen and oxygen atoms in total. The Morgan fingerprint density at radius 3 is 2.64 bits per heavy atom. The number of alkyl halides is 1. The average Bonchev–Trinajstić information content (AvgIpc) is 2.76. The first kappa shape index (κ1) is 18.7. The molecule has 1 rings (SSSR count). The maximum atomic E-state index is 13.8. The van der Waals surface area contributed by atoms with Crippen LogP contribution in [0.2, 0.25) is 0 Å². The average molecular weight is 316 g/mol. The summed E-state index contributed by atoms with van der Waals surface area (Å²) < 4.78 is 29.7. The Labute approximate surface area is 131 Å². The molecule has 126 valence electrons. The number of hydrogen-bond acceptors (Lipinski definition) is 5. The van der Waals surface area contributed by atoms with E-state index >= 15 is 0 Å². The van der Waals surface area contributed by atoms with Crippen molar-refractivity contribution < 1.29 is 23.4 Å². The molecular weight excluding hydrogens is 291 g/mol. The molecule has 0 radical (unpaired) electrons. The molecule has 0 aromatic heterocycles. The largest absolute Gasteiger partial charge is 0.444 e. The van der Waals surface area contributed by atoms with Crippen LogP contribution < -0.4 is 0 Å². The molecule has 1 fully saturated rings. The number of nitriles is 1. The summed E-state index contributed by atoms with van der Waals surface area (Å²) in [7, 11) is 0. The third kappa shape index (κ3) is 5.43. The van der Waals surface area contributed by atoms with Crippen molar-refractivity contribution in [2.45, 2.75) is 71.2 Å². The Kier molecular flexibility index (Phi) is 6.57. The molecule has 4 atom stereocenters. The number of carbonyl (C=O) groups is 1. The van der Waals surface area contributed by atoms with Gasteiger partial charge in [0.15, 0.2) is 12.4 Å². The third-order valence-corrected chi connectivity index (χ3v) is 3.14. The van der Waals surface area contributed by atoms with Gasteiger partial charge in [0.05, 0.1) is 18.7 Å². The van der Waals surface area contributed by atoms with Crippen LogP contribution in [0.4, 0.5) is 9.18 Å². The van der Waals surface area contributed by atoms with Gasteiger partial charge in [-0.2, -0.15) is 5.26 Å². The van der Waals surface area contributed by atoms with Crippen molar-refractivity contribution in [2.75, 3.05) is 13.2 Å². The van der Waals surface area contributed by atoms with Gasteiger partial charge in [-0.3, -0.25) is 4.90 Å². The number of ether oxygens (including phenoxy) is 3. The first-order valence-corrected chi connectivity index (χ1v) is 7.48. The molecule has 7 heteroatoms. The minimum atomic E-state index is -1.20. The topological polar surface area (TPSA) is 71.8 Å². The molecule has 0 spiro atoms. The number of nitrogens with zero attached hydrogens (tertiary/aromatic N) is 2. The Bertz CT molecular complexity index is 419. The molecule has 0 aliphatic carbocycles. The van der Waals surface area contributed by atoms with E-state index in [0.29, 0.717) is 6.61 Å². The quantitative estimate of drug-likeness (QED) is 0.729. The summed E-state index contributed by atoms with van der Waals surface area (Å²) in [5.74, 6) is 0. The Morgan fingerprint density at radius 1 is 1.50 bits per heavy atom. The summed E-state index contributed by atoms with van der Waals surface area (Å²) in [5.41, 5.74) is -0.683. The van der Waals surface area contributed by atoms with Crippen LogP contribution in [-0.2, 0) is 14.2 Å². The van der Waals surface area contributed by atoms with Gasteiger partial charge >= 0.3 is 6.09 Å². The highest BCUT2D eigenvalue weighted by Gasteiger charge is 2.43. The Balaban J connectivity index is 2.80. The Hall–Kier alpha value is -1.39. The second-order valence-electron chi connectivity index (χ2n) is 6.24. The van der Waals surface area contributed by atoms with Crippen LogP contribution in [0.3, 0.4) is 0 Å². The van der Waals surface area contributed by atoms with Gasteiger partial charge in [0.1, 0.15) is 11.8 Å². The molecule has 0 aromatic carbocycles. The SMILES string of the molecule is CCOC(C)OC(C#N)[C@H]1C[C@H](F)CN1C(=O)OC(C)(C)C. The normalized spacial score (nSPS) is 24.7. The molecule has 1 aliphatic rings. The highest BCUT2D eigenvalue weighted by molar-refractivity contribution is 5.69. The summed E-state index contributed by atoms with van der Waals surface area (Å²) in [6.45, 7) is 9.01. The lowest BCUT2D eigenvalue weighted by Gasteiger charge is -2.31. The van der Waals surface area contributed by atoms with Crippen LogP contribution in [0.15, 0.2) is 0 Å². The second kappa shape index (κ2) is 7.75. The lowest BCUT2D eigenvalue weighted by molar-refractivity contribution is -0.155. The molecule has 0 bridgehead atoms. The Morgan fingerprint density at radius 2 is 2.14 bits per heavy atom. The van der Waals surface area contributed by atoms with Crippen molar-refractivity contribution in [1.82, 2.24) is 4.90 Å². The number of hydrogen-bond donors (Lipinski definition) is 0. The van der Waals surface area contributed by atoms with Crippen molar-refractivity contribution in [3.05, 3.63) is 0 Å². The van der Waals surface area contributed by atoms with Crippen LogP contribution in [-0.4, -0.2) is 54.4 Å². The fourth-order valence-corrected chi connectivity index (χ4v) is 2.32. The number of carbonyl (C=O) groups excluding carboxylic acids is 1. The van der Waals surface area contributed by atoms with E-state index in [9.17, 15) is 14.4 Å². The highest BCUT2D eigenvalue weighted by atomic mass is 19.1. The number of rotatable bonds is 5. The van der Waals surface area contributed by atoms with Crippen molar-refractivity contribution in [2.24, 2.45) is 0 Å². The van der Waals surface area contributed by atoms with Crippen LogP contribution in [0, 0.1) is 11.3 Å². The molecule has 1 aliphatic heterocycles. The van der Waals surface area contributed by atoms with Crippen LogP contribution in [0.1, 0.15) is 41.0 Å². The maximum Gasteiger partial charge on any atom is 0.410 e. The van der Waals surface area contributed by atoms with Crippen LogP contribution in [0.5, 0.6) is 0 Å². The zero-order valence-electron chi connectivity index (χ0n) is 13.8. The van der Waals surface area contributed by atoms with E-state index in [-0.39, 0.29) is 13.0 Å². The van der Waals surface area contributed by atoms with Gasteiger partial charge < -0.3 is 14.2 Å². The van der Waals surface area contributed by atoms with Gasteiger partial charge in [-0.05, 0) is 34.6 Å². The molecule has 1 heterocycles. The van der Waals surface area contributed by atoms with Gasteiger partial charge in [0.2, 0.25) is 0 Å². The fourth-order valence-electron chi connectivity index (χ4n) is 2.32. The molecule has 22 heavy (non-hydrogen) atoms. The molecule has 2 unspecified atom stereocenters. The molecule has 1 amide bonds. The van der Waals surface area contributed by atoms with E-state index < -0.39 is 36.3 Å². The first-order valence-electron chi connectivity index (χ1n) is 7.48. The minimum absolute atomic E-state index is 0.0519. The highest BCUT2D eigenvalue weighted by Crippen LogP contribution is 2.27. The van der Waals surface area contributed by atoms with Crippen molar-refractivity contribution in [3.8, 4) is 6.07 Å². The summed E-state index contributed by atoms with van der Waals surface area (Å²) in [5, 5.41) is 9.29. The molecule has 1 saturated heterocycles. The third-order valence-electron chi connectivity index (χ3n) is 3.14. The minimum Gasteiger partial charge on any atom is -0.444 e. The molecular formula is C15H25FN2O4. The second-order valence-corrected chi connectivity index (χ2v) is 6.24. The molecule has 0 aromatic rings. The van der Waals surface area contributed by atoms with E-state index in [1.54, 1.807) is 34.6 Å². The van der Waals surface area contributed by atoms with E-state index in [0.717, 1.165) is 0 Å². The van der Waals surface area contributed by atoms with Gasteiger partial charge in [-0.15, -0.1) is 0 Å². The van der Waals surface area contributed by atoms with Crippen molar-refractivity contribution in [1.29, 1.82) is 5.26 Å². The smallest absolute Gasteiger partial charge is 0.410 e. The number of likely N-dealkylation sites (tertiary alicyclic amines) is 1. The summed E-state index contributed by atoms with van der Waals surface area (Å²) in [6, 6.07) is 1.30. The molecule has 0 saturated carbocycles. The van der Waals surface area contributed by atoms with E-state index in [4.69, 9.17) is 14.2 Å². The summed E-state index contributed by atoms with van der Waals surface area (Å²) in [6.07, 6.45) is -3.34. The monoisotopic (exact) mass is 316 g/mol.